The largest absolute Gasteiger partial charge is 0.370 e. The zero-order valence-electron chi connectivity index (χ0n) is 11.9. The number of nitrogens with one attached hydrogen (secondary N) is 2. The first-order valence-corrected chi connectivity index (χ1v) is 6.97. The molecular weight excluding hydrogens is 355 g/mol. The molecule has 1 unspecified atom stereocenters. The normalized spacial score (nSPS) is 17.1. The van der Waals surface area contributed by atoms with Crippen LogP contribution in [0.15, 0.2) is 4.99 Å². The van der Waals surface area contributed by atoms with Crippen LogP contribution in [0.5, 0.6) is 0 Å². The monoisotopic (exact) mass is 382 g/mol. The minimum Gasteiger partial charge on any atom is -0.370 e. The van der Waals surface area contributed by atoms with Crippen molar-refractivity contribution in [3.63, 3.8) is 0 Å². The topological polar surface area (TPSA) is 79.5 Å². The Hall–Kier alpha value is -0.530. The van der Waals surface area contributed by atoms with Crippen molar-refractivity contribution in [3.05, 3.63) is 0 Å². The molecule has 0 aromatic heterocycles. The van der Waals surface area contributed by atoms with E-state index in [-0.39, 0.29) is 35.8 Å². The van der Waals surface area contributed by atoms with Crippen LogP contribution in [0.4, 0.5) is 0 Å². The summed E-state index contributed by atoms with van der Waals surface area (Å²) < 4.78 is 0. The summed E-state index contributed by atoms with van der Waals surface area (Å²) in [5, 5.41) is 6.05. The molecule has 1 aliphatic carbocycles. The van der Waals surface area contributed by atoms with Crippen LogP contribution in [0.1, 0.15) is 46.0 Å². The summed E-state index contributed by atoms with van der Waals surface area (Å²) >= 11 is 0. The second kappa shape index (κ2) is 10.3. The number of guanidine groups is 1. The number of carbonyl (C=O) groups excluding carboxylic acids is 1. The van der Waals surface area contributed by atoms with Gasteiger partial charge in [0, 0.05) is 25.0 Å². The van der Waals surface area contributed by atoms with Gasteiger partial charge in [0.1, 0.15) is 0 Å². The van der Waals surface area contributed by atoms with Crippen LogP contribution in [-0.4, -0.2) is 31.0 Å². The second-order valence-electron chi connectivity index (χ2n) is 4.99. The van der Waals surface area contributed by atoms with Gasteiger partial charge in [-0.1, -0.05) is 13.3 Å². The SMILES string of the molecule is CCC(C)NC(N)=NCCCNC(=O)C1CCC1.I. The summed E-state index contributed by atoms with van der Waals surface area (Å²) in [4.78, 5) is 15.7. The maximum atomic E-state index is 11.5. The van der Waals surface area contributed by atoms with Gasteiger partial charge in [0.15, 0.2) is 5.96 Å². The quantitative estimate of drug-likeness (QED) is 0.271. The van der Waals surface area contributed by atoms with Gasteiger partial charge in [-0.2, -0.15) is 0 Å². The number of rotatable bonds is 7. The molecule has 0 bridgehead atoms. The lowest BCUT2D eigenvalue weighted by Crippen LogP contribution is -2.38. The maximum Gasteiger partial charge on any atom is 0.223 e. The third-order valence-electron chi connectivity index (χ3n) is 3.40. The van der Waals surface area contributed by atoms with Gasteiger partial charge in [0.2, 0.25) is 5.91 Å². The molecular formula is C13H27IN4O. The third kappa shape index (κ3) is 7.59. The highest BCUT2D eigenvalue weighted by molar-refractivity contribution is 14.0. The molecule has 0 saturated heterocycles. The molecule has 1 saturated carbocycles. The molecule has 5 nitrogen and oxygen atoms in total. The minimum atomic E-state index is 0. The van der Waals surface area contributed by atoms with E-state index >= 15 is 0 Å². The van der Waals surface area contributed by atoms with Crippen molar-refractivity contribution in [2.24, 2.45) is 16.6 Å². The Balaban J connectivity index is 0.00000324. The number of nitrogens with zero attached hydrogens (tertiary/aromatic N) is 1. The van der Waals surface area contributed by atoms with E-state index in [2.05, 4.69) is 29.5 Å². The Kier molecular flexibility index (Phi) is 9.99. The smallest absolute Gasteiger partial charge is 0.223 e. The predicted octanol–water partition coefficient (Wildman–Crippen LogP) is 1.61. The number of aliphatic imine (C=N–C) groups is 1. The molecule has 1 rings (SSSR count). The van der Waals surface area contributed by atoms with Crippen molar-refractivity contribution < 1.29 is 4.79 Å². The molecule has 0 aliphatic heterocycles. The van der Waals surface area contributed by atoms with Gasteiger partial charge in [-0.25, -0.2) is 0 Å². The first-order chi connectivity index (χ1) is 8.63. The van der Waals surface area contributed by atoms with Crippen LogP contribution in [0, 0.1) is 5.92 Å². The van der Waals surface area contributed by atoms with E-state index in [0.29, 0.717) is 25.1 Å². The maximum absolute atomic E-state index is 11.5. The fourth-order valence-electron chi connectivity index (χ4n) is 1.71. The van der Waals surface area contributed by atoms with Gasteiger partial charge in [-0.3, -0.25) is 9.79 Å². The number of halogens is 1. The van der Waals surface area contributed by atoms with Crippen LogP contribution in [0.2, 0.25) is 0 Å². The molecule has 1 atom stereocenters. The standard InChI is InChI=1S/C13H26N4O.HI/c1-3-10(2)17-13(14)16-9-5-8-15-12(18)11-6-4-7-11;/h10-11H,3-9H2,1-2H3,(H,15,18)(H3,14,16,17);1H. The van der Waals surface area contributed by atoms with Crippen molar-refractivity contribution >= 4 is 35.8 Å². The number of hydrogen-bond acceptors (Lipinski definition) is 2. The number of carbonyl (C=O) groups is 1. The molecule has 1 fully saturated rings. The van der Waals surface area contributed by atoms with Crippen LogP contribution < -0.4 is 16.4 Å². The van der Waals surface area contributed by atoms with E-state index in [9.17, 15) is 4.79 Å². The molecule has 19 heavy (non-hydrogen) atoms. The van der Waals surface area contributed by atoms with Crippen LogP contribution in [0.3, 0.4) is 0 Å². The van der Waals surface area contributed by atoms with Crippen LogP contribution in [0.25, 0.3) is 0 Å². The molecule has 0 heterocycles. The summed E-state index contributed by atoms with van der Waals surface area (Å²) in [6.45, 7) is 5.51. The number of amides is 1. The summed E-state index contributed by atoms with van der Waals surface area (Å²) in [5.74, 6) is 0.969. The molecule has 4 N–H and O–H groups in total. The Bertz CT molecular complexity index is 292. The molecule has 1 amide bonds. The Morgan fingerprint density at radius 1 is 1.47 bits per heavy atom. The zero-order chi connectivity index (χ0) is 13.4. The van der Waals surface area contributed by atoms with Crippen molar-refractivity contribution in [1.29, 1.82) is 0 Å². The molecule has 0 radical (unpaired) electrons. The van der Waals surface area contributed by atoms with E-state index < -0.39 is 0 Å². The summed E-state index contributed by atoms with van der Waals surface area (Å²) in [7, 11) is 0. The van der Waals surface area contributed by atoms with Crippen molar-refractivity contribution in [3.8, 4) is 0 Å². The minimum absolute atomic E-state index is 0. The predicted molar refractivity (Wildman–Crippen MR) is 89.8 cm³/mol. The summed E-state index contributed by atoms with van der Waals surface area (Å²) in [5.41, 5.74) is 5.72. The first-order valence-electron chi connectivity index (χ1n) is 6.97. The fraction of sp³-hybridized carbons (Fsp3) is 0.846. The van der Waals surface area contributed by atoms with Crippen molar-refractivity contribution in [2.75, 3.05) is 13.1 Å². The second-order valence-corrected chi connectivity index (χ2v) is 4.99. The fourth-order valence-corrected chi connectivity index (χ4v) is 1.71. The van der Waals surface area contributed by atoms with E-state index in [1.54, 1.807) is 0 Å². The summed E-state index contributed by atoms with van der Waals surface area (Å²) in [6, 6.07) is 0.354. The van der Waals surface area contributed by atoms with Gasteiger partial charge in [-0.15, -0.1) is 24.0 Å². The molecule has 1 aliphatic rings. The summed E-state index contributed by atoms with van der Waals surface area (Å²) in [6.07, 6.45) is 5.15. The average Bonchev–Trinajstić information content (AvgIpc) is 2.26. The molecule has 0 spiro atoms. The lowest BCUT2D eigenvalue weighted by atomic mass is 9.85. The number of hydrogen-bond donors (Lipinski definition) is 3. The van der Waals surface area contributed by atoms with Crippen molar-refractivity contribution in [1.82, 2.24) is 10.6 Å². The highest BCUT2D eigenvalue weighted by Gasteiger charge is 2.24. The highest BCUT2D eigenvalue weighted by atomic mass is 127. The van der Waals surface area contributed by atoms with E-state index in [0.717, 1.165) is 25.7 Å². The molecule has 0 aromatic carbocycles. The van der Waals surface area contributed by atoms with Gasteiger partial charge in [-0.05, 0) is 32.6 Å². The molecule has 6 heteroatoms. The Labute approximate surface area is 133 Å². The van der Waals surface area contributed by atoms with E-state index in [1.165, 1.54) is 6.42 Å². The number of nitrogens with two attached hydrogens (primary N) is 1. The molecule has 0 aromatic rings. The van der Waals surface area contributed by atoms with Gasteiger partial charge in [0.25, 0.3) is 0 Å². The van der Waals surface area contributed by atoms with E-state index in [1.807, 2.05) is 0 Å². The lowest BCUT2D eigenvalue weighted by molar-refractivity contribution is -0.127. The van der Waals surface area contributed by atoms with Gasteiger partial charge >= 0.3 is 0 Å². The van der Waals surface area contributed by atoms with E-state index in [4.69, 9.17) is 5.73 Å². The third-order valence-corrected chi connectivity index (χ3v) is 3.40. The average molecular weight is 382 g/mol. The van der Waals surface area contributed by atoms with Gasteiger partial charge in [0.05, 0.1) is 0 Å². The van der Waals surface area contributed by atoms with Gasteiger partial charge < -0.3 is 16.4 Å². The van der Waals surface area contributed by atoms with Crippen LogP contribution >= 0.6 is 24.0 Å². The highest BCUT2D eigenvalue weighted by Crippen LogP contribution is 2.25. The van der Waals surface area contributed by atoms with Crippen LogP contribution in [-0.2, 0) is 4.79 Å². The zero-order valence-corrected chi connectivity index (χ0v) is 14.3. The Morgan fingerprint density at radius 3 is 2.68 bits per heavy atom. The Morgan fingerprint density at radius 2 is 2.16 bits per heavy atom. The first kappa shape index (κ1) is 18.5. The lowest BCUT2D eigenvalue weighted by Gasteiger charge is -2.23. The molecule has 112 valence electrons. The van der Waals surface area contributed by atoms with Crippen molar-refractivity contribution in [2.45, 2.75) is 52.0 Å².